The molecule has 0 atom stereocenters. The van der Waals surface area contributed by atoms with Gasteiger partial charge < -0.3 is 15.2 Å². The SMILES string of the molecule is CC(C)Oc1nc(N)nc(Oc2cnn(C(C)C)c2)n1. The summed E-state index contributed by atoms with van der Waals surface area (Å²) in [6.07, 6.45) is 3.28. The summed E-state index contributed by atoms with van der Waals surface area (Å²) >= 11 is 0. The van der Waals surface area contributed by atoms with Crippen LogP contribution in [-0.2, 0) is 0 Å². The Kier molecular flexibility index (Phi) is 4.02. The van der Waals surface area contributed by atoms with Gasteiger partial charge in [-0.15, -0.1) is 4.98 Å². The molecular formula is C12H18N6O2. The Bertz CT molecular complexity index is 581. The second-order valence-corrected chi connectivity index (χ2v) is 4.78. The van der Waals surface area contributed by atoms with E-state index in [-0.39, 0.29) is 30.1 Å². The molecule has 0 bridgehead atoms. The number of nitrogen functional groups attached to an aromatic ring is 1. The monoisotopic (exact) mass is 278 g/mol. The number of hydrogen-bond acceptors (Lipinski definition) is 7. The quantitative estimate of drug-likeness (QED) is 0.889. The second kappa shape index (κ2) is 5.72. The lowest BCUT2D eigenvalue weighted by molar-refractivity contribution is 0.219. The third-order valence-electron chi connectivity index (χ3n) is 2.27. The molecule has 2 rings (SSSR count). The molecule has 0 aliphatic carbocycles. The van der Waals surface area contributed by atoms with Crippen LogP contribution in [0.4, 0.5) is 5.95 Å². The molecular weight excluding hydrogens is 260 g/mol. The van der Waals surface area contributed by atoms with Crippen LogP contribution >= 0.6 is 0 Å². The molecule has 2 heterocycles. The van der Waals surface area contributed by atoms with Gasteiger partial charge in [-0.3, -0.25) is 4.68 Å². The molecule has 8 heteroatoms. The minimum Gasteiger partial charge on any atom is -0.461 e. The number of anilines is 1. The van der Waals surface area contributed by atoms with Gasteiger partial charge in [0.25, 0.3) is 0 Å². The summed E-state index contributed by atoms with van der Waals surface area (Å²) < 4.78 is 12.6. The highest BCUT2D eigenvalue weighted by Crippen LogP contribution is 2.20. The number of rotatable bonds is 5. The van der Waals surface area contributed by atoms with Crippen LogP contribution in [0.2, 0.25) is 0 Å². The maximum Gasteiger partial charge on any atom is 0.330 e. The van der Waals surface area contributed by atoms with Gasteiger partial charge in [-0.1, -0.05) is 0 Å². The Labute approximate surface area is 117 Å². The van der Waals surface area contributed by atoms with Crippen LogP contribution in [0.1, 0.15) is 33.7 Å². The molecule has 0 saturated carbocycles. The van der Waals surface area contributed by atoms with Crippen molar-refractivity contribution in [3.63, 3.8) is 0 Å². The van der Waals surface area contributed by atoms with Crippen molar-refractivity contribution in [2.75, 3.05) is 5.73 Å². The first-order valence-electron chi connectivity index (χ1n) is 6.34. The molecule has 2 aromatic rings. The van der Waals surface area contributed by atoms with Gasteiger partial charge in [-0.2, -0.15) is 15.1 Å². The van der Waals surface area contributed by atoms with E-state index in [1.807, 2.05) is 27.7 Å². The largest absolute Gasteiger partial charge is 0.461 e. The van der Waals surface area contributed by atoms with Crippen molar-refractivity contribution in [2.45, 2.75) is 39.8 Å². The molecule has 0 saturated heterocycles. The molecule has 0 unspecified atom stereocenters. The Hall–Kier alpha value is -2.38. The van der Waals surface area contributed by atoms with E-state index in [1.54, 1.807) is 17.1 Å². The number of nitrogens with two attached hydrogens (primary N) is 1. The highest BCUT2D eigenvalue weighted by Gasteiger charge is 2.10. The summed E-state index contributed by atoms with van der Waals surface area (Å²) in [5.74, 6) is 0.571. The molecule has 0 amide bonds. The Balaban J connectivity index is 2.17. The molecule has 0 aromatic carbocycles. The van der Waals surface area contributed by atoms with Gasteiger partial charge in [0.2, 0.25) is 5.95 Å². The highest BCUT2D eigenvalue weighted by atomic mass is 16.5. The number of ether oxygens (including phenoxy) is 2. The summed E-state index contributed by atoms with van der Waals surface area (Å²) in [4.78, 5) is 11.8. The summed E-state index contributed by atoms with van der Waals surface area (Å²) in [6.45, 7) is 7.78. The Morgan fingerprint density at radius 3 is 2.40 bits per heavy atom. The van der Waals surface area contributed by atoms with Crippen LogP contribution in [0, 0.1) is 0 Å². The fourth-order valence-electron chi connectivity index (χ4n) is 1.42. The first kappa shape index (κ1) is 14.0. The molecule has 0 aliphatic heterocycles. The molecule has 0 fully saturated rings. The number of nitrogens with zero attached hydrogens (tertiary/aromatic N) is 5. The molecule has 0 aliphatic rings. The van der Waals surface area contributed by atoms with Gasteiger partial charge >= 0.3 is 12.0 Å². The van der Waals surface area contributed by atoms with Crippen LogP contribution in [0.25, 0.3) is 0 Å². The van der Waals surface area contributed by atoms with E-state index < -0.39 is 0 Å². The zero-order valence-electron chi connectivity index (χ0n) is 11.9. The van der Waals surface area contributed by atoms with Crippen molar-refractivity contribution < 1.29 is 9.47 Å². The highest BCUT2D eigenvalue weighted by molar-refractivity contribution is 5.24. The first-order valence-corrected chi connectivity index (χ1v) is 6.34. The summed E-state index contributed by atoms with van der Waals surface area (Å²) in [7, 11) is 0. The standard InChI is InChI=1S/C12H18N6O2/c1-7(2)18-6-9(5-14-18)20-12-16-10(13)15-11(17-12)19-8(3)4/h5-8H,1-4H3,(H2,13,15,16,17). The lowest BCUT2D eigenvalue weighted by Gasteiger charge is -2.08. The zero-order chi connectivity index (χ0) is 14.7. The number of aromatic nitrogens is 5. The molecule has 0 radical (unpaired) electrons. The van der Waals surface area contributed by atoms with Crippen molar-refractivity contribution in [1.82, 2.24) is 24.7 Å². The average Bonchev–Trinajstić information content (AvgIpc) is 2.75. The van der Waals surface area contributed by atoms with E-state index in [1.165, 1.54) is 0 Å². The molecule has 8 nitrogen and oxygen atoms in total. The predicted octanol–water partition coefficient (Wildman–Crippen LogP) is 1.81. The maximum absolute atomic E-state index is 5.60. The third kappa shape index (κ3) is 3.56. The molecule has 0 spiro atoms. The van der Waals surface area contributed by atoms with Gasteiger partial charge in [0.1, 0.15) is 0 Å². The summed E-state index contributed by atoms with van der Waals surface area (Å²) in [5.41, 5.74) is 5.60. The maximum atomic E-state index is 5.60. The van der Waals surface area contributed by atoms with E-state index >= 15 is 0 Å². The van der Waals surface area contributed by atoms with Gasteiger partial charge in [0.05, 0.1) is 18.5 Å². The van der Waals surface area contributed by atoms with Gasteiger partial charge in [-0.05, 0) is 27.7 Å². The van der Waals surface area contributed by atoms with E-state index in [9.17, 15) is 0 Å². The molecule has 108 valence electrons. The van der Waals surface area contributed by atoms with E-state index in [0.29, 0.717) is 5.75 Å². The predicted molar refractivity (Wildman–Crippen MR) is 72.7 cm³/mol. The molecule has 20 heavy (non-hydrogen) atoms. The van der Waals surface area contributed by atoms with Crippen molar-refractivity contribution >= 4 is 5.95 Å². The second-order valence-electron chi connectivity index (χ2n) is 4.78. The summed E-state index contributed by atoms with van der Waals surface area (Å²) in [5, 5.41) is 4.16. The fraction of sp³-hybridized carbons (Fsp3) is 0.500. The lowest BCUT2D eigenvalue weighted by atomic mass is 10.4. The van der Waals surface area contributed by atoms with Crippen molar-refractivity contribution in [3.8, 4) is 17.8 Å². The van der Waals surface area contributed by atoms with Crippen LogP contribution < -0.4 is 15.2 Å². The normalized spacial score (nSPS) is 11.1. The van der Waals surface area contributed by atoms with Crippen LogP contribution in [0.3, 0.4) is 0 Å². The topological polar surface area (TPSA) is 101 Å². The first-order chi connectivity index (χ1) is 9.44. The van der Waals surface area contributed by atoms with Crippen LogP contribution in [0.15, 0.2) is 12.4 Å². The third-order valence-corrected chi connectivity index (χ3v) is 2.27. The van der Waals surface area contributed by atoms with Crippen molar-refractivity contribution in [1.29, 1.82) is 0 Å². The van der Waals surface area contributed by atoms with Crippen LogP contribution in [-0.4, -0.2) is 30.8 Å². The van der Waals surface area contributed by atoms with Gasteiger partial charge in [0, 0.05) is 6.04 Å². The van der Waals surface area contributed by atoms with E-state index in [4.69, 9.17) is 15.2 Å². The zero-order valence-corrected chi connectivity index (χ0v) is 11.9. The summed E-state index contributed by atoms with van der Waals surface area (Å²) in [6, 6.07) is 0.464. The molecule has 2 aromatic heterocycles. The lowest BCUT2D eigenvalue weighted by Crippen LogP contribution is -2.10. The van der Waals surface area contributed by atoms with Gasteiger partial charge in [-0.25, -0.2) is 0 Å². The van der Waals surface area contributed by atoms with Crippen molar-refractivity contribution in [2.24, 2.45) is 0 Å². The minimum atomic E-state index is -0.0617. The van der Waals surface area contributed by atoms with Crippen molar-refractivity contribution in [3.05, 3.63) is 12.4 Å². The van der Waals surface area contributed by atoms with Gasteiger partial charge in [0.15, 0.2) is 5.75 Å². The average molecular weight is 278 g/mol. The number of hydrogen-bond donors (Lipinski definition) is 1. The Morgan fingerprint density at radius 2 is 1.80 bits per heavy atom. The molecule has 2 N–H and O–H groups in total. The fourth-order valence-corrected chi connectivity index (χ4v) is 1.42. The Morgan fingerprint density at radius 1 is 1.10 bits per heavy atom. The smallest absolute Gasteiger partial charge is 0.330 e. The van der Waals surface area contributed by atoms with Crippen LogP contribution in [0.5, 0.6) is 17.8 Å². The van der Waals surface area contributed by atoms with E-state index in [0.717, 1.165) is 0 Å². The van der Waals surface area contributed by atoms with E-state index in [2.05, 4.69) is 20.1 Å². The minimum absolute atomic E-state index is 0.0434.